The third kappa shape index (κ3) is 4.50. The molecule has 0 fully saturated rings. The van der Waals surface area contributed by atoms with Gasteiger partial charge in [0.15, 0.2) is 0 Å². The fourth-order valence-corrected chi connectivity index (χ4v) is 1.65. The minimum atomic E-state index is -0.475. The van der Waals surface area contributed by atoms with Crippen molar-refractivity contribution in [2.45, 2.75) is 13.5 Å². The number of hydrogen-bond acceptors (Lipinski definition) is 3. The van der Waals surface area contributed by atoms with Crippen molar-refractivity contribution >= 4 is 29.0 Å². The van der Waals surface area contributed by atoms with E-state index in [1.54, 1.807) is 0 Å². The molecule has 4 N–H and O–H groups in total. The van der Waals surface area contributed by atoms with E-state index in [4.69, 9.17) is 18.0 Å². The first kappa shape index (κ1) is 14.1. The summed E-state index contributed by atoms with van der Waals surface area (Å²) in [5.41, 5.74) is 6.70. The summed E-state index contributed by atoms with van der Waals surface area (Å²) >= 11 is 5.17. The van der Waals surface area contributed by atoms with Crippen molar-refractivity contribution in [2.75, 3.05) is 6.54 Å². The van der Waals surface area contributed by atoms with Gasteiger partial charge >= 0.3 is 0 Å². The second-order valence-corrected chi connectivity index (χ2v) is 4.12. The predicted molar refractivity (Wildman–Crippen MR) is 72.9 cm³/mol. The van der Waals surface area contributed by atoms with E-state index in [9.17, 15) is 9.59 Å². The van der Waals surface area contributed by atoms with Gasteiger partial charge in [0, 0.05) is 19.0 Å². The Balaban J connectivity index is 2.77. The number of nitrogens with two attached hydrogens (primary N) is 1. The Bertz CT molecular complexity index is 474. The van der Waals surface area contributed by atoms with Gasteiger partial charge < -0.3 is 16.4 Å². The van der Waals surface area contributed by atoms with Crippen LogP contribution in [0.2, 0.25) is 0 Å². The van der Waals surface area contributed by atoms with Crippen LogP contribution in [-0.4, -0.2) is 23.3 Å². The Labute approximate surface area is 111 Å². The van der Waals surface area contributed by atoms with E-state index < -0.39 is 5.91 Å². The third-order valence-electron chi connectivity index (χ3n) is 2.21. The standard InChI is InChI=1S/C12H15N3O2S/c1-8(16)14-6-9-4-2-3-5-10(9)12(18)15-7-11(13)17/h2-5H,6-7H2,1H3,(H2,13,17)(H,14,16)(H,15,18). The van der Waals surface area contributed by atoms with E-state index >= 15 is 0 Å². The number of rotatable bonds is 5. The maximum atomic E-state index is 10.9. The van der Waals surface area contributed by atoms with Gasteiger partial charge in [-0.3, -0.25) is 9.59 Å². The summed E-state index contributed by atoms with van der Waals surface area (Å²) in [5.74, 6) is -0.586. The molecule has 0 unspecified atom stereocenters. The zero-order valence-corrected chi connectivity index (χ0v) is 10.8. The number of thiocarbonyl (C=S) groups is 1. The average molecular weight is 265 g/mol. The quantitative estimate of drug-likeness (QED) is 0.658. The highest BCUT2D eigenvalue weighted by atomic mass is 32.1. The Hall–Kier alpha value is -1.95. The Morgan fingerprint density at radius 2 is 1.94 bits per heavy atom. The molecule has 0 bridgehead atoms. The van der Waals surface area contributed by atoms with Gasteiger partial charge in [-0.2, -0.15) is 0 Å². The first-order chi connectivity index (χ1) is 8.50. The number of hydrogen-bond donors (Lipinski definition) is 3. The number of primary amides is 1. The lowest BCUT2D eigenvalue weighted by Gasteiger charge is -2.11. The van der Waals surface area contributed by atoms with Crippen molar-refractivity contribution in [1.29, 1.82) is 0 Å². The van der Waals surface area contributed by atoms with Crippen LogP contribution in [0.3, 0.4) is 0 Å². The van der Waals surface area contributed by atoms with Crippen LogP contribution in [0.25, 0.3) is 0 Å². The van der Waals surface area contributed by atoms with Gasteiger partial charge in [-0.05, 0) is 5.56 Å². The molecule has 5 nitrogen and oxygen atoms in total. The lowest BCUT2D eigenvalue weighted by molar-refractivity contribution is -0.119. The minimum absolute atomic E-state index is 0.00664. The SMILES string of the molecule is CC(=O)NCc1ccccc1C(=S)NCC(N)=O. The molecule has 1 rings (SSSR count). The molecule has 1 aromatic rings. The number of benzene rings is 1. The van der Waals surface area contributed by atoms with Crippen molar-refractivity contribution in [2.24, 2.45) is 5.73 Å². The molecule has 0 atom stereocenters. The van der Waals surface area contributed by atoms with Crippen molar-refractivity contribution in [3.05, 3.63) is 35.4 Å². The highest BCUT2D eigenvalue weighted by Crippen LogP contribution is 2.09. The highest BCUT2D eigenvalue weighted by molar-refractivity contribution is 7.80. The van der Waals surface area contributed by atoms with E-state index in [1.807, 2.05) is 24.3 Å². The van der Waals surface area contributed by atoms with Gasteiger partial charge in [0.05, 0.1) is 6.54 Å². The van der Waals surface area contributed by atoms with Gasteiger partial charge in [0.25, 0.3) is 0 Å². The van der Waals surface area contributed by atoms with E-state index in [0.29, 0.717) is 11.5 Å². The lowest BCUT2D eigenvalue weighted by atomic mass is 10.1. The molecule has 0 aromatic heterocycles. The first-order valence-corrected chi connectivity index (χ1v) is 5.80. The number of carbonyl (C=O) groups excluding carboxylic acids is 2. The molecular weight excluding hydrogens is 250 g/mol. The second-order valence-electron chi connectivity index (χ2n) is 3.72. The largest absolute Gasteiger partial charge is 0.368 e. The summed E-state index contributed by atoms with van der Waals surface area (Å²) < 4.78 is 0. The van der Waals surface area contributed by atoms with Crippen LogP contribution in [0, 0.1) is 0 Å². The third-order valence-corrected chi connectivity index (χ3v) is 2.58. The molecule has 18 heavy (non-hydrogen) atoms. The molecule has 0 saturated heterocycles. The normalized spacial score (nSPS) is 9.61. The van der Waals surface area contributed by atoms with Crippen molar-refractivity contribution < 1.29 is 9.59 Å². The molecule has 0 heterocycles. The van der Waals surface area contributed by atoms with E-state index in [-0.39, 0.29) is 12.5 Å². The van der Waals surface area contributed by atoms with Crippen molar-refractivity contribution in [3.8, 4) is 0 Å². The molecule has 96 valence electrons. The van der Waals surface area contributed by atoms with Crippen molar-refractivity contribution in [3.63, 3.8) is 0 Å². The summed E-state index contributed by atoms with van der Waals surface area (Å²) in [6, 6.07) is 7.39. The van der Waals surface area contributed by atoms with Crippen LogP contribution in [0.15, 0.2) is 24.3 Å². The molecule has 0 spiro atoms. The molecule has 0 saturated carbocycles. The Morgan fingerprint density at radius 3 is 2.56 bits per heavy atom. The van der Waals surface area contributed by atoms with E-state index in [0.717, 1.165) is 11.1 Å². The molecule has 0 aliphatic carbocycles. The molecule has 0 aliphatic heterocycles. The van der Waals surface area contributed by atoms with Crippen molar-refractivity contribution in [1.82, 2.24) is 10.6 Å². The van der Waals surface area contributed by atoms with Gasteiger partial charge in [-0.25, -0.2) is 0 Å². The number of nitrogens with one attached hydrogen (secondary N) is 2. The van der Waals surface area contributed by atoms with E-state index in [2.05, 4.69) is 10.6 Å². The Morgan fingerprint density at radius 1 is 1.28 bits per heavy atom. The minimum Gasteiger partial charge on any atom is -0.368 e. The first-order valence-electron chi connectivity index (χ1n) is 5.39. The van der Waals surface area contributed by atoms with Crippen LogP contribution in [0.5, 0.6) is 0 Å². The van der Waals surface area contributed by atoms with Gasteiger partial charge in [0.1, 0.15) is 4.99 Å². The van der Waals surface area contributed by atoms with Crippen LogP contribution in [0.1, 0.15) is 18.1 Å². The smallest absolute Gasteiger partial charge is 0.236 e. The topological polar surface area (TPSA) is 84.2 Å². The van der Waals surface area contributed by atoms with Crippen LogP contribution >= 0.6 is 12.2 Å². The fourth-order valence-electron chi connectivity index (χ4n) is 1.38. The highest BCUT2D eigenvalue weighted by Gasteiger charge is 2.07. The van der Waals surface area contributed by atoms with Crippen LogP contribution < -0.4 is 16.4 Å². The predicted octanol–water partition coefficient (Wildman–Crippen LogP) is 0.0731. The average Bonchev–Trinajstić information content (AvgIpc) is 2.33. The maximum Gasteiger partial charge on any atom is 0.236 e. The number of carbonyl (C=O) groups is 2. The van der Waals surface area contributed by atoms with Gasteiger partial charge in [-0.15, -0.1) is 0 Å². The summed E-state index contributed by atoms with van der Waals surface area (Å²) in [5, 5.41) is 5.47. The molecule has 0 aliphatic rings. The molecule has 0 radical (unpaired) electrons. The van der Waals surface area contributed by atoms with Gasteiger partial charge in [-0.1, -0.05) is 36.5 Å². The summed E-state index contributed by atoms with van der Waals surface area (Å²) in [4.78, 5) is 22.0. The second kappa shape index (κ2) is 6.70. The number of amides is 2. The molecule has 2 amide bonds. The lowest BCUT2D eigenvalue weighted by Crippen LogP contribution is -2.33. The maximum absolute atomic E-state index is 10.9. The monoisotopic (exact) mass is 265 g/mol. The van der Waals surface area contributed by atoms with Crippen LogP contribution in [0.4, 0.5) is 0 Å². The molecular formula is C12H15N3O2S. The molecule has 6 heteroatoms. The van der Waals surface area contributed by atoms with E-state index in [1.165, 1.54) is 6.92 Å². The summed E-state index contributed by atoms with van der Waals surface area (Å²) in [6.07, 6.45) is 0. The van der Waals surface area contributed by atoms with Crippen LogP contribution in [-0.2, 0) is 16.1 Å². The zero-order chi connectivity index (χ0) is 13.5. The zero-order valence-electron chi connectivity index (χ0n) is 10.0. The summed E-state index contributed by atoms with van der Waals surface area (Å²) in [7, 11) is 0. The molecule has 1 aromatic carbocycles. The Kier molecular flexibility index (Phi) is 5.26. The van der Waals surface area contributed by atoms with Gasteiger partial charge in [0.2, 0.25) is 11.8 Å². The fraction of sp³-hybridized carbons (Fsp3) is 0.250. The summed E-state index contributed by atoms with van der Waals surface area (Å²) in [6.45, 7) is 1.84.